The normalized spacial score (nSPS) is 11.4. The van der Waals surface area contributed by atoms with E-state index in [4.69, 9.17) is 5.73 Å². The van der Waals surface area contributed by atoms with E-state index in [1.807, 2.05) is 0 Å². The van der Waals surface area contributed by atoms with Crippen molar-refractivity contribution in [1.82, 2.24) is 0 Å². The number of rotatable bonds is 3. The van der Waals surface area contributed by atoms with Crippen LogP contribution in [0.4, 0.5) is 4.39 Å². The zero-order valence-electron chi connectivity index (χ0n) is 10.1. The summed E-state index contributed by atoms with van der Waals surface area (Å²) in [6.45, 7) is 1.64. The molecule has 4 nitrogen and oxygen atoms in total. The largest absolute Gasteiger partial charge is 0.380 e. The zero-order valence-corrected chi connectivity index (χ0v) is 10.9. The standard InChI is InChI=1S/C13H11FN2O2S/c1-8-4-5-9(7-10(8)14)12(15)16-18-13(17)11-3-2-6-19-11/h2-7H,1H3,(H2,15,16). The smallest absolute Gasteiger partial charge is 0.375 e. The second-order valence-electron chi connectivity index (χ2n) is 3.80. The summed E-state index contributed by atoms with van der Waals surface area (Å²) in [4.78, 5) is 16.6. The molecule has 1 aromatic carbocycles. The van der Waals surface area contributed by atoms with Crippen molar-refractivity contribution in [2.45, 2.75) is 6.92 Å². The van der Waals surface area contributed by atoms with Crippen molar-refractivity contribution in [3.63, 3.8) is 0 Å². The molecule has 0 fully saturated rings. The van der Waals surface area contributed by atoms with Gasteiger partial charge >= 0.3 is 5.97 Å². The number of aryl methyl sites for hydroxylation is 1. The molecule has 2 N–H and O–H groups in total. The van der Waals surface area contributed by atoms with Gasteiger partial charge in [0, 0.05) is 5.56 Å². The van der Waals surface area contributed by atoms with E-state index in [2.05, 4.69) is 9.99 Å². The number of hydrogen-bond donors (Lipinski definition) is 1. The van der Waals surface area contributed by atoms with Crippen LogP contribution in [0.3, 0.4) is 0 Å². The first-order chi connectivity index (χ1) is 9.08. The highest BCUT2D eigenvalue weighted by molar-refractivity contribution is 7.11. The Morgan fingerprint density at radius 3 is 2.84 bits per heavy atom. The van der Waals surface area contributed by atoms with E-state index in [0.717, 1.165) is 0 Å². The number of hydrogen-bond acceptors (Lipinski definition) is 4. The Bertz CT molecular complexity index is 624. The van der Waals surface area contributed by atoms with Gasteiger partial charge in [-0.3, -0.25) is 0 Å². The van der Waals surface area contributed by atoms with Crippen LogP contribution < -0.4 is 5.73 Å². The second-order valence-corrected chi connectivity index (χ2v) is 4.74. The first-order valence-corrected chi connectivity index (χ1v) is 6.30. The van der Waals surface area contributed by atoms with Gasteiger partial charge in [-0.1, -0.05) is 23.4 Å². The molecule has 0 saturated carbocycles. The molecule has 2 rings (SSSR count). The van der Waals surface area contributed by atoms with Gasteiger partial charge in [0.05, 0.1) is 0 Å². The van der Waals surface area contributed by atoms with Crippen molar-refractivity contribution in [1.29, 1.82) is 0 Å². The third-order valence-corrected chi connectivity index (χ3v) is 3.27. The Kier molecular flexibility index (Phi) is 3.91. The number of halogens is 1. The van der Waals surface area contributed by atoms with Gasteiger partial charge in [-0.15, -0.1) is 11.3 Å². The Balaban J connectivity index is 2.10. The zero-order chi connectivity index (χ0) is 13.8. The van der Waals surface area contributed by atoms with Crippen molar-refractivity contribution in [2.75, 3.05) is 0 Å². The first kappa shape index (κ1) is 13.2. The van der Waals surface area contributed by atoms with Gasteiger partial charge < -0.3 is 10.6 Å². The van der Waals surface area contributed by atoms with Crippen molar-refractivity contribution in [3.05, 3.63) is 57.5 Å². The third-order valence-electron chi connectivity index (χ3n) is 2.42. The van der Waals surface area contributed by atoms with Crippen LogP contribution in [0, 0.1) is 12.7 Å². The molecule has 2 aromatic rings. The molecule has 0 aliphatic heterocycles. The number of carbonyl (C=O) groups excluding carboxylic acids is 1. The number of oxime groups is 1. The quantitative estimate of drug-likeness (QED) is 0.406. The van der Waals surface area contributed by atoms with Crippen LogP contribution in [0.2, 0.25) is 0 Å². The van der Waals surface area contributed by atoms with E-state index in [9.17, 15) is 9.18 Å². The van der Waals surface area contributed by atoms with Crippen LogP contribution in [0.5, 0.6) is 0 Å². The van der Waals surface area contributed by atoms with Gasteiger partial charge in [0.15, 0.2) is 5.84 Å². The lowest BCUT2D eigenvalue weighted by atomic mass is 10.1. The van der Waals surface area contributed by atoms with E-state index in [0.29, 0.717) is 16.0 Å². The Labute approximate surface area is 113 Å². The summed E-state index contributed by atoms with van der Waals surface area (Å²) in [6.07, 6.45) is 0. The summed E-state index contributed by atoms with van der Waals surface area (Å²) in [5.41, 5.74) is 6.49. The van der Waals surface area contributed by atoms with E-state index in [1.165, 1.54) is 17.4 Å². The highest BCUT2D eigenvalue weighted by atomic mass is 32.1. The summed E-state index contributed by atoms with van der Waals surface area (Å²) in [5.74, 6) is -1.03. The fraction of sp³-hybridized carbons (Fsp3) is 0.0769. The summed E-state index contributed by atoms with van der Waals surface area (Å²) in [5, 5.41) is 5.25. The molecule has 0 saturated heterocycles. The summed E-state index contributed by atoms with van der Waals surface area (Å²) in [6, 6.07) is 7.77. The average molecular weight is 278 g/mol. The van der Waals surface area contributed by atoms with Crippen LogP contribution in [0.1, 0.15) is 20.8 Å². The van der Waals surface area contributed by atoms with Gasteiger partial charge in [-0.05, 0) is 30.0 Å². The molecule has 0 amide bonds. The van der Waals surface area contributed by atoms with Crippen LogP contribution >= 0.6 is 11.3 Å². The molecule has 0 radical (unpaired) electrons. The number of benzene rings is 1. The Morgan fingerprint density at radius 2 is 2.21 bits per heavy atom. The van der Waals surface area contributed by atoms with E-state index in [-0.39, 0.29) is 11.7 Å². The van der Waals surface area contributed by atoms with Crippen LogP contribution in [0.25, 0.3) is 0 Å². The monoisotopic (exact) mass is 278 g/mol. The molecular weight excluding hydrogens is 267 g/mol. The summed E-state index contributed by atoms with van der Waals surface area (Å²) >= 11 is 1.24. The van der Waals surface area contributed by atoms with Gasteiger partial charge in [0.1, 0.15) is 10.7 Å². The summed E-state index contributed by atoms with van der Waals surface area (Å²) in [7, 11) is 0. The minimum atomic E-state index is -0.592. The van der Waals surface area contributed by atoms with Gasteiger partial charge in [0.2, 0.25) is 0 Å². The highest BCUT2D eigenvalue weighted by Gasteiger charge is 2.09. The SMILES string of the molecule is Cc1ccc(/C(N)=N\OC(=O)c2cccs2)cc1F. The van der Waals surface area contributed by atoms with E-state index in [1.54, 1.807) is 36.6 Å². The molecule has 0 unspecified atom stereocenters. The molecular formula is C13H11FN2O2S. The number of nitrogens with zero attached hydrogens (tertiary/aromatic N) is 1. The lowest BCUT2D eigenvalue weighted by Gasteiger charge is -2.02. The number of carbonyl (C=O) groups is 1. The van der Waals surface area contributed by atoms with Crippen molar-refractivity contribution >= 4 is 23.1 Å². The minimum absolute atomic E-state index is 0.0520. The Hall–Kier alpha value is -2.21. The molecule has 0 aliphatic rings. The van der Waals surface area contributed by atoms with E-state index < -0.39 is 5.97 Å². The lowest BCUT2D eigenvalue weighted by Crippen LogP contribution is -2.15. The molecule has 0 atom stereocenters. The molecule has 0 spiro atoms. The molecule has 1 aromatic heterocycles. The number of amidine groups is 1. The van der Waals surface area contributed by atoms with Crippen LogP contribution in [-0.4, -0.2) is 11.8 Å². The van der Waals surface area contributed by atoms with Crippen molar-refractivity contribution in [3.8, 4) is 0 Å². The maximum atomic E-state index is 13.3. The first-order valence-electron chi connectivity index (χ1n) is 5.43. The molecule has 1 heterocycles. The minimum Gasteiger partial charge on any atom is -0.380 e. The highest BCUT2D eigenvalue weighted by Crippen LogP contribution is 2.11. The van der Waals surface area contributed by atoms with Crippen molar-refractivity contribution < 1.29 is 14.0 Å². The van der Waals surface area contributed by atoms with Gasteiger partial charge in [-0.25, -0.2) is 9.18 Å². The predicted molar refractivity (Wildman–Crippen MR) is 71.6 cm³/mol. The lowest BCUT2D eigenvalue weighted by molar-refractivity contribution is 0.0522. The maximum Gasteiger partial charge on any atom is 0.375 e. The molecule has 19 heavy (non-hydrogen) atoms. The van der Waals surface area contributed by atoms with E-state index >= 15 is 0 Å². The second kappa shape index (κ2) is 5.62. The van der Waals surface area contributed by atoms with Gasteiger partial charge in [-0.2, -0.15) is 0 Å². The van der Waals surface area contributed by atoms with Crippen LogP contribution in [-0.2, 0) is 4.84 Å². The topological polar surface area (TPSA) is 64.7 Å². The maximum absolute atomic E-state index is 13.3. The molecule has 0 aliphatic carbocycles. The number of thiophene rings is 1. The predicted octanol–water partition coefficient (Wildman–Crippen LogP) is 2.67. The van der Waals surface area contributed by atoms with Crippen molar-refractivity contribution in [2.24, 2.45) is 10.9 Å². The molecule has 6 heteroatoms. The van der Waals surface area contributed by atoms with Crippen LogP contribution in [0.15, 0.2) is 40.9 Å². The average Bonchev–Trinajstić information content (AvgIpc) is 2.92. The fourth-order valence-electron chi connectivity index (χ4n) is 1.34. The third kappa shape index (κ3) is 3.17. The fourth-order valence-corrected chi connectivity index (χ4v) is 1.93. The number of nitrogens with two attached hydrogens (primary N) is 1. The summed E-state index contributed by atoms with van der Waals surface area (Å²) < 4.78 is 13.3. The van der Waals surface area contributed by atoms with Gasteiger partial charge in [0.25, 0.3) is 0 Å². The molecule has 0 bridgehead atoms. The molecule has 98 valence electrons. The Morgan fingerprint density at radius 1 is 1.42 bits per heavy atom.